The van der Waals surface area contributed by atoms with Crippen LogP contribution >= 0.6 is 11.3 Å². The maximum atomic E-state index is 5.22. The fourth-order valence-electron chi connectivity index (χ4n) is 9.88. The largest absolute Gasteiger partial charge is 0.309 e. The quantitative estimate of drug-likeness (QED) is 0.157. The van der Waals surface area contributed by atoms with Gasteiger partial charge in [0.05, 0.1) is 22.1 Å². The minimum Gasteiger partial charge on any atom is -0.309 e. The van der Waals surface area contributed by atoms with Gasteiger partial charge in [-0.25, -0.2) is 4.98 Å². The zero-order chi connectivity index (χ0) is 42.8. The minimum absolute atomic E-state index is 0.916. The molecule has 10 aromatic carbocycles. The standard InChI is InChI=1S/C61H39N3S/c1-5-18-40(19-6-1)45-36-50(42-22-9-3-10-23-42)59-53(38-45)54-39-46(41-20-7-2-8-21-41)37-51(60(54)65-59)43-32-33-57-52(35-43)49-28-13-15-30-56(49)63(57)48-27-17-24-44(34-48)61-62-55-29-14-16-31-58(55)64(61)47-25-11-4-12-26-47/h1-39H. The van der Waals surface area contributed by atoms with Gasteiger partial charge in [0.25, 0.3) is 0 Å². The molecule has 0 unspecified atom stereocenters. The van der Waals surface area contributed by atoms with Gasteiger partial charge in [0.2, 0.25) is 0 Å². The van der Waals surface area contributed by atoms with Crippen LogP contribution in [-0.4, -0.2) is 14.1 Å². The Bertz CT molecular complexity index is 3920. The van der Waals surface area contributed by atoms with Crippen molar-refractivity contribution >= 4 is 64.3 Å². The number of para-hydroxylation sites is 4. The van der Waals surface area contributed by atoms with Crippen molar-refractivity contribution < 1.29 is 0 Å². The van der Waals surface area contributed by atoms with E-state index in [0.717, 1.165) is 39.3 Å². The molecule has 0 saturated heterocycles. The van der Waals surface area contributed by atoms with E-state index < -0.39 is 0 Å². The summed E-state index contributed by atoms with van der Waals surface area (Å²) < 4.78 is 7.28. The van der Waals surface area contributed by atoms with Crippen molar-refractivity contribution in [3.8, 4) is 67.3 Å². The van der Waals surface area contributed by atoms with Crippen LogP contribution < -0.4 is 0 Å². The normalized spacial score (nSPS) is 11.7. The van der Waals surface area contributed by atoms with Crippen LogP contribution in [0.1, 0.15) is 0 Å². The SMILES string of the molecule is c1ccc(-c2cc(-c3ccccc3)c3sc4c(-c5ccc6c(c5)c5ccccc5n6-c5cccc(-c6nc7ccccc7n6-c6ccccc6)c5)cc(-c5ccccc5)cc4c3c2)cc1. The Kier molecular flexibility index (Phi) is 8.71. The summed E-state index contributed by atoms with van der Waals surface area (Å²) in [5.41, 5.74) is 17.4. The highest BCUT2D eigenvalue weighted by molar-refractivity contribution is 7.27. The molecule has 3 nitrogen and oxygen atoms in total. The second-order valence-electron chi connectivity index (χ2n) is 16.7. The molecule has 0 aliphatic rings. The lowest BCUT2D eigenvalue weighted by Gasteiger charge is -2.13. The summed E-state index contributed by atoms with van der Waals surface area (Å²) in [5, 5.41) is 4.99. The number of thiophene rings is 1. The van der Waals surface area contributed by atoms with Gasteiger partial charge < -0.3 is 4.57 Å². The molecule has 0 amide bonds. The Hall–Kier alpha value is -8.31. The average molecular weight is 846 g/mol. The highest BCUT2D eigenvalue weighted by Gasteiger charge is 2.21. The predicted octanol–water partition coefficient (Wildman–Crippen LogP) is 16.8. The third-order valence-corrected chi connectivity index (χ3v) is 14.2. The van der Waals surface area contributed by atoms with Crippen molar-refractivity contribution in [2.45, 2.75) is 0 Å². The molecule has 3 aromatic heterocycles. The molecule has 4 heteroatoms. The Balaban J connectivity index is 1.03. The maximum Gasteiger partial charge on any atom is 0.145 e. The van der Waals surface area contributed by atoms with Crippen molar-refractivity contribution in [2.75, 3.05) is 0 Å². The summed E-state index contributed by atoms with van der Waals surface area (Å²) in [6.45, 7) is 0. The zero-order valence-corrected chi connectivity index (χ0v) is 36.1. The summed E-state index contributed by atoms with van der Waals surface area (Å²) in [7, 11) is 0. The fraction of sp³-hybridized carbons (Fsp3) is 0. The van der Waals surface area contributed by atoms with Crippen molar-refractivity contribution in [2.24, 2.45) is 0 Å². The summed E-state index contributed by atoms with van der Waals surface area (Å²) in [5.74, 6) is 0.916. The van der Waals surface area contributed by atoms with Crippen LogP contribution in [0.25, 0.3) is 120 Å². The van der Waals surface area contributed by atoms with E-state index in [1.807, 2.05) is 11.3 Å². The van der Waals surface area contributed by atoms with Gasteiger partial charge in [-0.05, 0) is 112 Å². The average Bonchev–Trinajstić information content (AvgIpc) is 4.07. The first kappa shape index (κ1) is 37.3. The second kappa shape index (κ2) is 15.2. The summed E-state index contributed by atoms with van der Waals surface area (Å²) >= 11 is 1.91. The summed E-state index contributed by atoms with van der Waals surface area (Å²) in [6, 6.07) is 85.8. The lowest BCUT2D eigenvalue weighted by Crippen LogP contribution is -1.99. The summed E-state index contributed by atoms with van der Waals surface area (Å²) in [4.78, 5) is 5.22. The van der Waals surface area contributed by atoms with Gasteiger partial charge in [0, 0.05) is 59.0 Å². The number of fused-ring (bicyclic) bond motifs is 7. The van der Waals surface area contributed by atoms with Gasteiger partial charge in [0.1, 0.15) is 5.82 Å². The number of hydrogen-bond acceptors (Lipinski definition) is 2. The van der Waals surface area contributed by atoms with Gasteiger partial charge in [-0.3, -0.25) is 4.57 Å². The monoisotopic (exact) mass is 845 g/mol. The molecule has 65 heavy (non-hydrogen) atoms. The van der Waals surface area contributed by atoms with Crippen LogP contribution in [-0.2, 0) is 0 Å². The van der Waals surface area contributed by atoms with E-state index in [4.69, 9.17) is 4.98 Å². The highest BCUT2D eigenvalue weighted by atomic mass is 32.1. The highest BCUT2D eigenvalue weighted by Crippen LogP contribution is 2.48. The molecule has 3 heterocycles. The first-order valence-corrected chi connectivity index (χ1v) is 22.9. The molecular formula is C61H39N3S. The molecule has 0 fully saturated rings. The molecule has 0 spiro atoms. The first-order chi connectivity index (χ1) is 32.2. The van der Waals surface area contributed by atoms with Crippen molar-refractivity contribution in [3.63, 3.8) is 0 Å². The van der Waals surface area contributed by atoms with E-state index in [2.05, 4.69) is 246 Å². The second-order valence-corrected chi connectivity index (χ2v) is 17.8. The predicted molar refractivity (Wildman–Crippen MR) is 275 cm³/mol. The van der Waals surface area contributed by atoms with E-state index in [1.165, 1.54) is 81.0 Å². The Morgan fingerprint density at radius 2 is 0.800 bits per heavy atom. The number of hydrogen-bond donors (Lipinski definition) is 0. The Labute approximate surface area is 380 Å². The van der Waals surface area contributed by atoms with Gasteiger partial charge >= 0.3 is 0 Å². The van der Waals surface area contributed by atoms with E-state index in [1.54, 1.807) is 0 Å². The van der Waals surface area contributed by atoms with Crippen molar-refractivity contribution in [3.05, 3.63) is 237 Å². The van der Waals surface area contributed by atoms with E-state index in [-0.39, 0.29) is 0 Å². The molecule has 13 aromatic rings. The Morgan fingerprint density at radius 3 is 1.48 bits per heavy atom. The van der Waals surface area contributed by atoms with Crippen molar-refractivity contribution in [1.29, 1.82) is 0 Å². The number of rotatable bonds is 7. The third kappa shape index (κ3) is 6.22. The molecule has 0 bridgehead atoms. The molecular weight excluding hydrogens is 807 g/mol. The zero-order valence-electron chi connectivity index (χ0n) is 35.3. The fourth-order valence-corrected chi connectivity index (χ4v) is 11.2. The lowest BCUT2D eigenvalue weighted by atomic mass is 9.93. The number of nitrogens with zero attached hydrogens (tertiary/aromatic N) is 3. The topological polar surface area (TPSA) is 22.8 Å². The van der Waals surface area contributed by atoms with Gasteiger partial charge in [-0.2, -0.15) is 0 Å². The van der Waals surface area contributed by atoms with Crippen LogP contribution in [0.3, 0.4) is 0 Å². The number of benzene rings is 10. The first-order valence-electron chi connectivity index (χ1n) is 22.1. The molecule has 13 rings (SSSR count). The van der Waals surface area contributed by atoms with Crippen LogP contribution in [0, 0.1) is 0 Å². The minimum atomic E-state index is 0.916. The van der Waals surface area contributed by atoms with Crippen LogP contribution in [0.5, 0.6) is 0 Å². The number of imidazole rings is 1. The summed E-state index contributed by atoms with van der Waals surface area (Å²) in [6.07, 6.45) is 0. The Morgan fingerprint density at radius 1 is 0.292 bits per heavy atom. The van der Waals surface area contributed by atoms with Crippen LogP contribution in [0.15, 0.2) is 237 Å². The smallest absolute Gasteiger partial charge is 0.145 e. The molecule has 0 aliphatic carbocycles. The molecule has 0 aliphatic heterocycles. The van der Waals surface area contributed by atoms with E-state index in [9.17, 15) is 0 Å². The van der Waals surface area contributed by atoms with Crippen LogP contribution in [0.4, 0.5) is 0 Å². The third-order valence-electron chi connectivity index (χ3n) is 12.9. The van der Waals surface area contributed by atoms with E-state index in [0.29, 0.717) is 0 Å². The van der Waals surface area contributed by atoms with Crippen molar-refractivity contribution in [1.82, 2.24) is 14.1 Å². The molecule has 0 atom stereocenters. The van der Waals surface area contributed by atoms with E-state index >= 15 is 0 Å². The maximum absolute atomic E-state index is 5.22. The molecule has 0 radical (unpaired) electrons. The lowest BCUT2D eigenvalue weighted by molar-refractivity contribution is 1.10. The van der Waals surface area contributed by atoms with Gasteiger partial charge in [-0.1, -0.05) is 158 Å². The van der Waals surface area contributed by atoms with Gasteiger partial charge in [0.15, 0.2) is 0 Å². The van der Waals surface area contributed by atoms with Gasteiger partial charge in [-0.15, -0.1) is 11.3 Å². The molecule has 304 valence electrons. The molecule has 0 N–H and O–H groups in total. The molecule has 0 saturated carbocycles. The van der Waals surface area contributed by atoms with Crippen LogP contribution in [0.2, 0.25) is 0 Å². The number of aromatic nitrogens is 3.